The number of hydrogen-bond donors (Lipinski definition) is 1. The molecule has 0 aromatic heterocycles. The van der Waals surface area contributed by atoms with Gasteiger partial charge in [-0.25, -0.2) is 9.29 Å². The Morgan fingerprint density at radius 3 is 2.33 bits per heavy atom. The zero-order chi connectivity index (χ0) is 17.4. The minimum absolute atomic E-state index is 0.00847. The van der Waals surface area contributed by atoms with Gasteiger partial charge in [0.05, 0.1) is 12.1 Å². The third kappa shape index (κ3) is 2.77. The van der Waals surface area contributed by atoms with E-state index in [0.717, 1.165) is 27.3 Å². The van der Waals surface area contributed by atoms with Crippen molar-refractivity contribution in [1.29, 1.82) is 0 Å². The van der Waals surface area contributed by atoms with Crippen LogP contribution in [0.1, 0.15) is 23.1 Å². The highest BCUT2D eigenvalue weighted by molar-refractivity contribution is 6.23. The average molecular weight is 326 g/mol. The first-order valence-electron chi connectivity index (χ1n) is 7.84. The van der Waals surface area contributed by atoms with E-state index in [4.69, 9.17) is 0 Å². The normalized spacial score (nSPS) is 17.5. The fraction of sp³-hybridized carbons (Fsp3) is 0.263. The highest BCUT2D eigenvalue weighted by Gasteiger charge is 2.40. The van der Waals surface area contributed by atoms with E-state index >= 15 is 0 Å². The summed E-state index contributed by atoms with van der Waals surface area (Å²) in [5, 5.41) is 3.17. The molecule has 0 spiro atoms. The van der Waals surface area contributed by atoms with Crippen LogP contribution in [0.2, 0.25) is 0 Å². The van der Waals surface area contributed by atoms with Gasteiger partial charge in [0.2, 0.25) is 5.91 Å². The second-order valence-corrected chi connectivity index (χ2v) is 6.19. The van der Waals surface area contributed by atoms with E-state index in [2.05, 4.69) is 5.32 Å². The number of imide groups is 1. The first kappa shape index (κ1) is 16.2. The van der Waals surface area contributed by atoms with E-state index in [9.17, 15) is 14.0 Å². The van der Waals surface area contributed by atoms with E-state index in [-0.39, 0.29) is 12.1 Å². The van der Waals surface area contributed by atoms with Crippen LogP contribution in [-0.4, -0.2) is 17.9 Å². The Balaban J connectivity index is 1.89. The molecule has 24 heavy (non-hydrogen) atoms. The largest absolute Gasteiger partial charge is 0.373 e. The van der Waals surface area contributed by atoms with Crippen molar-refractivity contribution < 1.29 is 14.0 Å². The van der Waals surface area contributed by atoms with E-state index in [0.29, 0.717) is 0 Å². The number of anilines is 2. The molecule has 3 rings (SSSR count). The van der Waals surface area contributed by atoms with Crippen LogP contribution >= 0.6 is 0 Å². The van der Waals surface area contributed by atoms with E-state index in [1.165, 1.54) is 18.2 Å². The van der Waals surface area contributed by atoms with Gasteiger partial charge in [-0.2, -0.15) is 0 Å². The minimum atomic E-state index is -0.683. The first-order valence-corrected chi connectivity index (χ1v) is 7.84. The second kappa shape index (κ2) is 6.07. The number of para-hydroxylation sites is 1. The van der Waals surface area contributed by atoms with Gasteiger partial charge in [-0.3, -0.25) is 9.59 Å². The Kier molecular flexibility index (Phi) is 4.09. The summed E-state index contributed by atoms with van der Waals surface area (Å²) in [6, 6.07) is 9.17. The molecule has 2 aromatic carbocycles. The maximum atomic E-state index is 13.9. The predicted molar refractivity (Wildman–Crippen MR) is 91.6 cm³/mol. The fourth-order valence-electron chi connectivity index (χ4n) is 3.21. The summed E-state index contributed by atoms with van der Waals surface area (Å²) in [6.45, 7) is 5.92. The Morgan fingerprint density at radius 2 is 1.71 bits per heavy atom. The quantitative estimate of drug-likeness (QED) is 0.878. The van der Waals surface area contributed by atoms with Gasteiger partial charge < -0.3 is 5.32 Å². The van der Waals surface area contributed by atoms with Crippen LogP contribution in [0.25, 0.3) is 0 Å². The zero-order valence-electron chi connectivity index (χ0n) is 13.9. The van der Waals surface area contributed by atoms with Gasteiger partial charge in [-0.1, -0.05) is 29.8 Å². The van der Waals surface area contributed by atoms with Crippen LogP contribution in [0.15, 0.2) is 36.4 Å². The van der Waals surface area contributed by atoms with E-state index in [1.807, 2.05) is 32.9 Å². The van der Waals surface area contributed by atoms with Crippen molar-refractivity contribution in [2.45, 2.75) is 33.2 Å². The molecule has 1 N–H and O–H groups in total. The third-order valence-electron chi connectivity index (χ3n) is 4.24. The monoisotopic (exact) mass is 326 g/mol. The molecule has 4 nitrogen and oxygen atoms in total. The van der Waals surface area contributed by atoms with Crippen molar-refractivity contribution in [1.82, 2.24) is 0 Å². The van der Waals surface area contributed by atoms with Crippen LogP contribution in [0, 0.1) is 26.6 Å². The molecule has 1 saturated heterocycles. The van der Waals surface area contributed by atoms with Gasteiger partial charge in [-0.15, -0.1) is 0 Å². The van der Waals surface area contributed by atoms with Crippen molar-refractivity contribution in [2.75, 3.05) is 10.2 Å². The second-order valence-electron chi connectivity index (χ2n) is 6.19. The van der Waals surface area contributed by atoms with Gasteiger partial charge in [0.15, 0.2) is 0 Å². The number of carbonyl (C=O) groups is 2. The predicted octanol–water partition coefficient (Wildman–Crippen LogP) is 3.49. The summed E-state index contributed by atoms with van der Waals surface area (Å²) in [4.78, 5) is 25.8. The van der Waals surface area contributed by atoms with Crippen LogP contribution < -0.4 is 10.2 Å². The summed E-state index contributed by atoms with van der Waals surface area (Å²) < 4.78 is 13.9. The lowest BCUT2D eigenvalue weighted by molar-refractivity contribution is -0.121. The third-order valence-corrected chi connectivity index (χ3v) is 4.24. The van der Waals surface area contributed by atoms with Gasteiger partial charge in [0.1, 0.15) is 11.9 Å². The van der Waals surface area contributed by atoms with Gasteiger partial charge >= 0.3 is 0 Å². The number of aryl methyl sites for hydroxylation is 3. The molecule has 124 valence electrons. The first-order chi connectivity index (χ1) is 11.4. The molecule has 0 saturated carbocycles. The topological polar surface area (TPSA) is 49.4 Å². The Bertz CT molecular complexity index is 809. The zero-order valence-corrected chi connectivity index (χ0v) is 13.9. The number of hydrogen-bond acceptors (Lipinski definition) is 3. The number of halogens is 1. The molecule has 5 heteroatoms. The molecule has 1 aliphatic heterocycles. The summed E-state index contributed by atoms with van der Waals surface area (Å²) >= 11 is 0. The maximum absolute atomic E-state index is 13.9. The molecule has 2 aromatic rings. The lowest BCUT2D eigenvalue weighted by Gasteiger charge is -2.19. The van der Waals surface area contributed by atoms with Crippen molar-refractivity contribution in [3.63, 3.8) is 0 Å². The summed E-state index contributed by atoms with van der Waals surface area (Å²) in [7, 11) is 0. The average Bonchev–Trinajstić information content (AvgIpc) is 2.78. The van der Waals surface area contributed by atoms with E-state index < -0.39 is 23.7 Å². The molecule has 1 unspecified atom stereocenters. The standard InChI is InChI=1S/C19H19FN2O2/c1-11-8-12(2)18(13(3)9-11)21-15-10-17(23)22(19(15)24)16-7-5-4-6-14(16)20/h4-9,15,21H,10H2,1-3H3. The lowest BCUT2D eigenvalue weighted by Crippen LogP contribution is -2.35. The van der Waals surface area contributed by atoms with Crippen molar-refractivity contribution in [3.8, 4) is 0 Å². The number of amides is 2. The van der Waals surface area contributed by atoms with Crippen LogP contribution in [0.5, 0.6) is 0 Å². The molecule has 1 heterocycles. The fourth-order valence-corrected chi connectivity index (χ4v) is 3.21. The van der Waals surface area contributed by atoms with Gasteiger partial charge in [-0.05, 0) is 44.0 Å². The molecule has 1 fully saturated rings. The molecular weight excluding hydrogens is 307 g/mol. The van der Waals surface area contributed by atoms with Gasteiger partial charge in [0.25, 0.3) is 5.91 Å². The minimum Gasteiger partial charge on any atom is -0.373 e. The Labute approximate surface area is 140 Å². The maximum Gasteiger partial charge on any atom is 0.256 e. The molecule has 2 amide bonds. The molecular formula is C19H19FN2O2. The summed E-state index contributed by atoms with van der Waals surface area (Å²) in [5.74, 6) is -1.41. The van der Waals surface area contributed by atoms with Crippen LogP contribution in [0.4, 0.5) is 15.8 Å². The van der Waals surface area contributed by atoms with Gasteiger partial charge in [0, 0.05) is 5.69 Å². The number of nitrogens with one attached hydrogen (secondary N) is 1. The molecule has 1 atom stereocenters. The number of benzene rings is 2. The molecule has 0 aliphatic carbocycles. The Hall–Kier alpha value is -2.69. The smallest absolute Gasteiger partial charge is 0.256 e. The molecule has 0 bridgehead atoms. The Morgan fingerprint density at radius 1 is 1.08 bits per heavy atom. The highest BCUT2D eigenvalue weighted by atomic mass is 19.1. The summed E-state index contributed by atoms with van der Waals surface area (Å²) in [6.07, 6.45) is 0.0138. The van der Waals surface area contributed by atoms with Crippen molar-refractivity contribution in [2.24, 2.45) is 0 Å². The molecule has 1 aliphatic rings. The summed E-state index contributed by atoms with van der Waals surface area (Å²) in [5.41, 5.74) is 4.02. The van der Waals surface area contributed by atoms with Crippen LogP contribution in [0.3, 0.4) is 0 Å². The number of nitrogens with zero attached hydrogens (tertiary/aromatic N) is 1. The van der Waals surface area contributed by atoms with E-state index in [1.54, 1.807) is 6.07 Å². The van der Waals surface area contributed by atoms with Crippen molar-refractivity contribution >= 4 is 23.2 Å². The molecule has 0 radical (unpaired) electrons. The van der Waals surface area contributed by atoms with Crippen LogP contribution in [-0.2, 0) is 9.59 Å². The lowest BCUT2D eigenvalue weighted by atomic mass is 10.0. The highest BCUT2D eigenvalue weighted by Crippen LogP contribution is 2.29. The SMILES string of the molecule is Cc1cc(C)c(NC2CC(=O)N(c3ccccc3F)C2=O)c(C)c1. The number of carbonyl (C=O) groups excluding carboxylic acids is 2. The van der Waals surface area contributed by atoms with Crippen molar-refractivity contribution in [3.05, 3.63) is 58.9 Å². The number of rotatable bonds is 3.